The molecule has 0 spiro atoms. The summed E-state index contributed by atoms with van der Waals surface area (Å²) in [5, 5.41) is 0. The van der Waals surface area contributed by atoms with Crippen molar-refractivity contribution in [2.45, 2.75) is 13.8 Å². The summed E-state index contributed by atoms with van der Waals surface area (Å²) in [4.78, 5) is 16.4. The molecule has 6 heteroatoms. The van der Waals surface area contributed by atoms with Crippen molar-refractivity contribution >= 4 is 37.4 Å². The number of allylic oxidation sites excluding steroid dienone is 1. The Labute approximate surface area is 88.2 Å². The van der Waals surface area contributed by atoms with E-state index in [4.69, 9.17) is 9.79 Å². The van der Waals surface area contributed by atoms with Gasteiger partial charge in [0, 0.05) is 0 Å². The molecule has 0 aliphatic heterocycles. The molecular weight excluding hydrogens is 178 g/mol. The third-order valence-corrected chi connectivity index (χ3v) is 1.42. The molecule has 0 bridgehead atoms. The van der Waals surface area contributed by atoms with Crippen molar-refractivity contribution in [3.63, 3.8) is 0 Å². The summed E-state index contributed by atoms with van der Waals surface area (Å²) in [6.45, 7) is 3.49. The van der Waals surface area contributed by atoms with E-state index in [2.05, 4.69) is 4.52 Å². The van der Waals surface area contributed by atoms with Gasteiger partial charge in [0.2, 0.25) is 0 Å². The SMILES string of the molecule is CC=C(C)COP(=O)(O)O.[NaH]. The van der Waals surface area contributed by atoms with Gasteiger partial charge in [-0.2, -0.15) is 0 Å². The maximum absolute atomic E-state index is 10.1. The Kier molecular flexibility index (Phi) is 8.33. The normalized spacial score (nSPS) is 12.5. The van der Waals surface area contributed by atoms with E-state index in [0.717, 1.165) is 5.57 Å². The van der Waals surface area contributed by atoms with Crippen molar-refractivity contribution in [1.29, 1.82) is 0 Å². The molecule has 0 aromatic rings. The number of phosphoric acid groups is 1. The van der Waals surface area contributed by atoms with Crippen molar-refractivity contribution in [2.75, 3.05) is 6.61 Å². The predicted molar refractivity (Wildman–Crippen MR) is 44.6 cm³/mol. The second kappa shape index (κ2) is 6.38. The standard InChI is InChI=1S/C5H11O4P.Na.H/c1-3-5(2)4-9-10(6,7)8;;/h3H,4H2,1-2H3,(H2,6,7,8);;. The van der Waals surface area contributed by atoms with Crippen molar-refractivity contribution in [1.82, 2.24) is 0 Å². The number of hydrogen-bond acceptors (Lipinski definition) is 2. The molecule has 4 nitrogen and oxygen atoms in total. The molecule has 0 aromatic carbocycles. The van der Waals surface area contributed by atoms with Crippen LogP contribution in [-0.4, -0.2) is 46.0 Å². The summed E-state index contributed by atoms with van der Waals surface area (Å²) in [6.07, 6.45) is 1.73. The van der Waals surface area contributed by atoms with E-state index in [1.807, 2.05) is 0 Å². The summed E-state index contributed by atoms with van der Waals surface area (Å²) in [7, 11) is -4.27. The molecule has 0 saturated heterocycles. The molecule has 0 radical (unpaired) electrons. The Morgan fingerprint density at radius 1 is 1.64 bits per heavy atom. The van der Waals surface area contributed by atoms with Crippen molar-refractivity contribution < 1.29 is 18.9 Å². The van der Waals surface area contributed by atoms with Crippen molar-refractivity contribution in [3.05, 3.63) is 11.6 Å². The van der Waals surface area contributed by atoms with Gasteiger partial charge in [-0.1, -0.05) is 11.6 Å². The van der Waals surface area contributed by atoms with Crippen molar-refractivity contribution in [2.24, 2.45) is 0 Å². The summed E-state index contributed by atoms with van der Waals surface area (Å²) >= 11 is 0. The van der Waals surface area contributed by atoms with E-state index in [1.54, 1.807) is 19.9 Å². The fourth-order valence-corrected chi connectivity index (χ4v) is 0.641. The van der Waals surface area contributed by atoms with Gasteiger partial charge in [0.25, 0.3) is 0 Å². The van der Waals surface area contributed by atoms with Gasteiger partial charge in [-0.05, 0) is 13.8 Å². The third kappa shape index (κ3) is 10.8. The van der Waals surface area contributed by atoms with Crippen LogP contribution in [0.2, 0.25) is 0 Å². The second-order valence-electron chi connectivity index (χ2n) is 1.90. The molecule has 11 heavy (non-hydrogen) atoms. The Morgan fingerprint density at radius 2 is 2.09 bits per heavy atom. The van der Waals surface area contributed by atoms with Gasteiger partial charge in [-0.25, -0.2) is 4.57 Å². The zero-order valence-corrected chi connectivity index (χ0v) is 6.84. The van der Waals surface area contributed by atoms with Crippen LogP contribution in [0.4, 0.5) is 0 Å². The molecule has 2 N–H and O–H groups in total. The van der Waals surface area contributed by atoms with E-state index < -0.39 is 7.82 Å². The summed E-state index contributed by atoms with van der Waals surface area (Å²) < 4.78 is 14.3. The molecule has 0 atom stereocenters. The Hall–Kier alpha value is 0.850. The summed E-state index contributed by atoms with van der Waals surface area (Å²) in [6, 6.07) is 0. The molecule has 0 saturated carbocycles. The first kappa shape index (κ1) is 14.4. The molecule has 62 valence electrons. The fraction of sp³-hybridized carbons (Fsp3) is 0.600. The van der Waals surface area contributed by atoms with Crippen LogP contribution in [0.3, 0.4) is 0 Å². The molecule has 0 aromatic heterocycles. The minimum atomic E-state index is -4.27. The number of phosphoric ester groups is 1. The van der Waals surface area contributed by atoms with Gasteiger partial charge in [-0.15, -0.1) is 0 Å². The van der Waals surface area contributed by atoms with Crippen LogP contribution in [0.1, 0.15) is 13.8 Å². The van der Waals surface area contributed by atoms with E-state index in [9.17, 15) is 4.57 Å². The van der Waals surface area contributed by atoms with Crippen LogP contribution in [0.25, 0.3) is 0 Å². The van der Waals surface area contributed by atoms with Gasteiger partial charge in [-0.3, -0.25) is 4.52 Å². The predicted octanol–water partition coefficient (Wildman–Crippen LogP) is 0.413. The first-order valence-corrected chi connectivity index (χ1v) is 4.30. The van der Waals surface area contributed by atoms with Crippen molar-refractivity contribution in [3.8, 4) is 0 Å². The van der Waals surface area contributed by atoms with Gasteiger partial charge in [0.05, 0.1) is 6.61 Å². The van der Waals surface area contributed by atoms with Crippen LogP contribution in [-0.2, 0) is 9.09 Å². The summed E-state index contributed by atoms with van der Waals surface area (Å²) in [5.74, 6) is 0. The van der Waals surface area contributed by atoms with E-state index in [1.165, 1.54) is 0 Å². The van der Waals surface area contributed by atoms with E-state index in [0.29, 0.717) is 0 Å². The Balaban J connectivity index is 0. The average Bonchev–Trinajstić information content (AvgIpc) is 1.81. The first-order chi connectivity index (χ1) is 4.45. The minimum absolute atomic E-state index is 0. The topological polar surface area (TPSA) is 66.8 Å². The number of rotatable bonds is 3. The monoisotopic (exact) mass is 190 g/mol. The van der Waals surface area contributed by atoms with E-state index >= 15 is 0 Å². The van der Waals surface area contributed by atoms with Crippen LogP contribution in [0, 0.1) is 0 Å². The van der Waals surface area contributed by atoms with Gasteiger partial charge in [0.15, 0.2) is 0 Å². The molecule has 0 rings (SSSR count). The molecule has 0 aliphatic carbocycles. The second-order valence-corrected chi connectivity index (χ2v) is 3.14. The Bertz CT molecular complexity index is 173. The molecular formula is C5H12NaO4P. The zero-order chi connectivity index (χ0) is 8.20. The summed E-state index contributed by atoms with van der Waals surface area (Å²) in [5.41, 5.74) is 0.795. The van der Waals surface area contributed by atoms with Crippen LogP contribution in [0.5, 0.6) is 0 Å². The third-order valence-electron chi connectivity index (χ3n) is 0.953. The number of hydrogen-bond donors (Lipinski definition) is 2. The zero-order valence-electron chi connectivity index (χ0n) is 5.94. The first-order valence-electron chi connectivity index (χ1n) is 2.77. The average molecular weight is 190 g/mol. The molecule has 0 unspecified atom stereocenters. The van der Waals surface area contributed by atoms with Gasteiger partial charge < -0.3 is 9.79 Å². The van der Waals surface area contributed by atoms with Crippen LogP contribution in [0.15, 0.2) is 11.6 Å². The van der Waals surface area contributed by atoms with Gasteiger partial charge >= 0.3 is 37.4 Å². The quantitative estimate of drug-likeness (QED) is 0.384. The molecule has 0 amide bonds. The fourth-order valence-electron chi connectivity index (χ4n) is 0.269. The molecule has 0 aliphatic rings. The Morgan fingerprint density at radius 3 is 2.36 bits per heavy atom. The molecule has 0 heterocycles. The van der Waals surface area contributed by atoms with E-state index in [-0.39, 0.29) is 36.2 Å². The molecule has 0 fully saturated rings. The van der Waals surface area contributed by atoms with Crippen LogP contribution < -0.4 is 0 Å². The van der Waals surface area contributed by atoms with Gasteiger partial charge in [0.1, 0.15) is 0 Å². The maximum atomic E-state index is 10.1. The van der Waals surface area contributed by atoms with Crippen LogP contribution >= 0.6 is 7.82 Å².